The summed E-state index contributed by atoms with van der Waals surface area (Å²) in [5.41, 5.74) is -0.617. The van der Waals surface area contributed by atoms with Crippen LogP contribution in [0.2, 0.25) is 0 Å². The predicted octanol–water partition coefficient (Wildman–Crippen LogP) is 2.33. The van der Waals surface area contributed by atoms with Crippen LogP contribution in [0, 0.1) is 11.2 Å². The molecule has 0 bridgehead atoms. The van der Waals surface area contributed by atoms with Crippen LogP contribution >= 0.6 is 0 Å². The molecule has 6 nitrogen and oxygen atoms in total. The molecular formula is C17H21FN2O4. The fraction of sp³-hybridized carbons (Fsp3) is 0.353. The molecule has 0 fully saturated rings. The summed E-state index contributed by atoms with van der Waals surface area (Å²) in [6.45, 7) is 3.48. The Morgan fingerprint density at radius 1 is 1.08 bits per heavy atom. The fourth-order valence-corrected chi connectivity index (χ4v) is 2.06. The second-order valence-corrected chi connectivity index (χ2v) is 5.34. The highest BCUT2D eigenvalue weighted by molar-refractivity contribution is 6.03. The molecule has 0 atom stereocenters. The molecule has 0 radical (unpaired) electrons. The van der Waals surface area contributed by atoms with Crippen molar-refractivity contribution < 1.29 is 23.9 Å². The SMILES string of the molecule is CCC(CC)(CNC(=O)/C=C/C(=O)Nc1ccc(F)cc1)C(=O)O. The minimum absolute atomic E-state index is 0.0158. The van der Waals surface area contributed by atoms with Crippen LogP contribution in [0.3, 0.4) is 0 Å². The second-order valence-electron chi connectivity index (χ2n) is 5.34. The van der Waals surface area contributed by atoms with Gasteiger partial charge in [-0.2, -0.15) is 0 Å². The van der Waals surface area contributed by atoms with Gasteiger partial charge in [0.25, 0.3) is 0 Å². The van der Waals surface area contributed by atoms with E-state index in [0.29, 0.717) is 18.5 Å². The van der Waals surface area contributed by atoms with Crippen molar-refractivity contribution in [3.05, 3.63) is 42.2 Å². The van der Waals surface area contributed by atoms with Gasteiger partial charge in [-0.05, 0) is 37.1 Å². The maximum absolute atomic E-state index is 12.8. The van der Waals surface area contributed by atoms with Crippen molar-refractivity contribution >= 4 is 23.5 Å². The maximum Gasteiger partial charge on any atom is 0.311 e. The minimum atomic E-state index is -1.01. The summed E-state index contributed by atoms with van der Waals surface area (Å²) in [4.78, 5) is 34.7. The van der Waals surface area contributed by atoms with Crippen molar-refractivity contribution in [1.29, 1.82) is 0 Å². The number of amides is 2. The zero-order valence-corrected chi connectivity index (χ0v) is 13.6. The first-order valence-corrected chi connectivity index (χ1v) is 7.59. The molecule has 130 valence electrons. The van der Waals surface area contributed by atoms with E-state index >= 15 is 0 Å². The highest BCUT2D eigenvalue weighted by atomic mass is 19.1. The van der Waals surface area contributed by atoms with Crippen molar-refractivity contribution in [2.75, 3.05) is 11.9 Å². The Labute approximate surface area is 139 Å². The summed E-state index contributed by atoms with van der Waals surface area (Å²) in [7, 11) is 0. The first kappa shape index (κ1) is 19.3. The van der Waals surface area contributed by atoms with Gasteiger partial charge in [0.15, 0.2) is 0 Å². The molecule has 0 unspecified atom stereocenters. The number of carbonyl (C=O) groups excluding carboxylic acids is 2. The number of aliphatic carboxylic acids is 1. The number of hydrogen-bond donors (Lipinski definition) is 3. The molecule has 0 saturated carbocycles. The summed E-state index contributed by atoms with van der Waals surface area (Å²) < 4.78 is 12.8. The van der Waals surface area contributed by atoms with Gasteiger partial charge in [0, 0.05) is 24.4 Å². The van der Waals surface area contributed by atoms with Gasteiger partial charge < -0.3 is 15.7 Å². The lowest BCUT2D eigenvalue weighted by atomic mass is 9.82. The maximum atomic E-state index is 12.8. The van der Waals surface area contributed by atoms with Crippen LogP contribution in [-0.4, -0.2) is 29.4 Å². The molecule has 24 heavy (non-hydrogen) atoms. The normalized spacial score (nSPS) is 11.3. The van der Waals surface area contributed by atoms with Crippen LogP contribution in [0.1, 0.15) is 26.7 Å². The zero-order chi connectivity index (χ0) is 18.2. The van der Waals surface area contributed by atoms with Crippen LogP contribution in [0.5, 0.6) is 0 Å². The number of hydrogen-bond acceptors (Lipinski definition) is 3. The first-order valence-electron chi connectivity index (χ1n) is 7.59. The molecule has 1 aromatic rings. The third-order valence-electron chi connectivity index (χ3n) is 3.91. The number of halogens is 1. The van der Waals surface area contributed by atoms with Crippen LogP contribution in [0.25, 0.3) is 0 Å². The van der Waals surface area contributed by atoms with Crippen LogP contribution in [0.4, 0.5) is 10.1 Å². The lowest BCUT2D eigenvalue weighted by molar-refractivity contribution is -0.149. The molecule has 1 rings (SSSR count). The number of benzene rings is 1. The molecule has 0 spiro atoms. The monoisotopic (exact) mass is 336 g/mol. The Morgan fingerprint density at radius 2 is 1.62 bits per heavy atom. The quantitative estimate of drug-likeness (QED) is 0.635. The van der Waals surface area contributed by atoms with E-state index in [1.165, 1.54) is 24.3 Å². The number of carboxylic acids is 1. The third kappa shape index (κ3) is 5.49. The van der Waals surface area contributed by atoms with E-state index in [0.717, 1.165) is 12.2 Å². The Kier molecular flexibility index (Phi) is 7.10. The van der Waals surface area contributed by atoms with E-state index in [4.69, 9.17) is 0 Å². The molecular weight excluding hydrogens is 315 g/mol. The molecule has 1 aromatic carbocycles. The van der Waals surface area contributed by atoms with Gasteiger partial charge >= 0.3 is 5.97 Å². The molecule has 0 aliphatic heterocycles. The Bertz CT molecular complexity index is 622. The van der Waals surface area contributed by atoms with Crippen LogP contribution in [0.15, 0.2) is 36.4 Å². The lowest BCUT2D eigenvalue weighted by Gasteiger charge is -2.26. The summed E-state index contributed by atoms with van der Waals surface area (Å²) in [6.07, 6.45) is 2.82. The van der Waals surface area contributed by atoms with Crippen molar-refractivity contribution in [3.63, 3.8) is 0 Å². The third-order valence-corrected chi connectivity index (χ3v) is 3.91. The Morgan fingerprint density at radius 3 is 2.12 bits per heavy atom. The molecule has 0 aromatic heterocycles. The number of carbonyl (C=O) groups is 3. The van der Waals surface area contributed by atoms with Gasteiger partial charge in [-0.3, -0.25) is 14.4 Å². The van der Waals surface area contributed by atoms with E-state index in [2.05, 4.69) is 10.6 Å². The molecule has 7 heteroatoms. The average Bonchev–Trinajstić information content (AvgIpc) is 2.56. The molecule has 0 saturated heterocycles. The van der Waals surface area contributed by atoms with Gasteiger partial charge in [-0.25, -0.2) is 4.39 Å². The average molecular weight is 336 g/mol. The van der Waals surface area contributed by atoms with Crippen molar-refractivity contribution in [3.8, 4) is 0 Å². The summed E-state index contributed by atoms with van der Waals surface area (Å²) in [6, 6.07) is 5.19. The topological polar surface area (TPSA) is 95.5 Å². The van der Waals surface area contributed by atoms with Gasteiger partial charge in [0.2, 0.25) is 11.8 Å². The second kappa shape index (κ2) is 8.81. The predicted molar refractivity (Wildman–Crippen MR) is 87.8 cm³/mol. The first-order chi connectivity index (χ1) is 11.3. The van der Waals surface area contributed by atoms with Crippen molar-refractivity contribution in [2.45, 2.75) is 26.7 Å². The highest BCUT2D eigenvalue weighted by Gasteiger charge is 2.34. The summed E-state index contributed by atoms with van der Waals surface area (Å²) in [5, 5.41) is 14.2. The van der Waals surface area contributed by atoms with Crippen molar-refractivity contribution in [1.82, 2.24) is 5.32 Å². The smallest absolute Gasteiger partial charge is 0.311 e. The minimum Gasteiger partial charge on any atom is -0.481 e. The molecule has 0 aliphatic carbocycles. The van der Waals surface area contributed by atoms with Crippen LogP contribution in [-0.2, 0) is 14.4 Å². The standard InChI is InChI=1S/C17H21FN2O4/c1-3-17(4-2,16(23)24)11-19-14(21)9-10-15(22)20-13-7-5-12(18)6-8-13/h5-10H,3-4,11H2,1-2H3,(H,19,21)(H,20,22)(H,23,24)/b10-9+. The number of rotatable bonds is 8. The molecule has 0 aliphatic rings. The van der Waals surface area contributed by atoms with E-state index in [-0.39, 0.29) is 6.54 Å². The van der Waals surface area contributed by atoms with E-state index in [1.54, 1.807) is 13.8 Å². The Balaban J connectivity index is 2.54. The van der Waals surface area contributed by atoms with E-state index < -0.39 is 29.0 Å². The molecule has 2 amide bonds. The van der Waals surface area contributed by atoms with Gasteiger partial charge in [-0.1, -0.05) is 13.8 Å². The zero-order valence-electron chi connectivity index (χ0n) is 13.6. The lowest BCUT2D eigenvalue weighted by Crippen LogP contribution is -2.42. The van der Waals surface area contributed by atoms with E-state index in [1.807, 2.05) is 0 Å². The van der Waals surface area contributed by atoms with Gasteiger partial charge in [0.1, 0.15) is 5.82 Å². The molecule has 3 N–H and O–H groups in total. The number of nitrogens with one attached hydrogen (secondary N) is 2. The highest BCUT2D eigenvalue weighted by Crippen LogP contribution is 2.25. The summed E-state index contributed by atoms with van der Waals surface area (Å²) in [5.74, 6) is -2.49. The van der Waals surface area contributed by atoms with Gasteiger partial charge in [0.05, 0.1) is 5.41 Å². The van der Waals surface area contributed by atoms with Gasteiger partial charge in [-0.15, -0.1) is 0 Å². The fourth-order valence-electron chi connectivity index (χ4n) is 2.06. The molecule has 0 heterocycles. The number of anilines is 1. The van der Waals surface area contributed by atoms with E-state index in [9.17, 15) is 23.9 Å². The van der Waals surface area contributed by atoms with Crippen LogP contribution < -0.4 is 10.6 Å². The largest absolute Gasteiger partial charge is 0.481 e. The Hall–Kier alpha value is -2.70. The summed E-state index contributed by atoms with van der Waals surface area (Å²) >= 11 is 0. The van der Waals surface area contributed by atoms with Crippen molar-refractivity contribution in [2.24, 2.45) is 5.41 Å². The number of carboxylic acid groups (broad SMARTS) is 1.